The molecule has 0 saturated carbocycles. The highest BCUT2D eigenvalue weighted by molar-refractivity contribution is 5.33. The fraction of sp³-hybridized carbons (Fsp3) is 0.545. The monoisotopic (exact) mass is 234 g/mol. The Morgan fingerprint density at radius 3 is 2.88 bits per heavy atom. The molecule has 0 aliphatic carbocycles. The lowest BCUT2D eigenvalue weighted by Gasteiger charge is -2.07. The van der Waals surface area contributed by atoms with Gasteiger partial charge in [-0.05, 0) is 13.3 Å². The van der Waals surface area contributed by atoms with Crippen LogP contribution in [0.2, 0.25) is 0 Å². The highest BCUT2D eigenvalue weighted by Gasteiger charge is 2.11. The average molecular weight is 234 g/mol. The van der Waals surface area contributed by atoms with Crippen molar-refractivity contribution in [3.05, 3.63) is 23.9 Å². The van der Waals surface area contributed by atoms with Crippen LogP contribution in [0.15, 0.2) is 12.4 Å². The minimum absolute atomic E-state index is 0.529. The maximum absolute atomic E-state index is 5.81. The van der Waals surface area contributed by atoms with E-state index < -0.39 is 0 Å². The van der Waals surface area contributed by atoms with Crippen LogP contribution in [-0.4, -0.2) is 24.5 Å². The van der Waals surface area contributed by atoms with E-state index in [1.54, 1.807) is 6.20 Å². The van der Waals surface area contributed by atoms with Gasteiger partial charge in [0.05, 0.1) is 5.69 Å². The van der Waals surface area contributed by atoms with Crippen LogP contribution >= 0.6 is 0 Å². The van der Waals surface area contributed by atoms with Gasteiger partial charge in [-0.25, -0.2) is 9.67 Å². The van der Waals surface area contributed by atoms with Crippen LogP contribution in [0.25, 0.3) is 0 Å². The van der Waals surface area contributed by atoms with E-state index in [1.165, 1.54) is 0 Å². The molecule has 6 heteroatoms. The lowest BCUT2D eigenvalue weighted by atomic mass is 10.2. The summed E-state index contributed by atoms with van der Waals surface area (Å²) < 4.78 is 3.93. The number of nitrogen functional groups attached to an aromatic ring is 1. The van der Waals surface area contributed by atoms with Crippen molar-refractivity contribution in [2.24, 2.45) is 0 Å². The first kappa shape index (κ1) is 11.6. The smallest absolute Gasteiger partial charge is 0.169 e. The van der Waals surface area contributed by atoms with Crippen molar-refractivity contribution in [1.82, 2.24) is 24.5 Å². The summed E-state index contributed by atoms with van der Waals surface area (Å²) in [6.07, 6.45) is 5.69. The second-order valence-corrected chi connectivity index (χ2v) is 3.96. The Hall–Kier alpha value is -1.85. The van der Waals surface area contributed by atoms with Gasteiger partial charge in [0.25, 0.3) is 0 Å². The maximum atomic E-state index is 5.81. The van der Waals surface area contributed by atoms with Gasteiger partial charge in [0, 0.05) is 18.9 Å². The van der Waals surface area contributed by atoms with Crippen molar-refractivity contribution >= 4 is 5.82 Å². The van der Waals surface area contributed by atoms with E-state index in [0.717, 1.165) is 30.9 Å². The van der Waals surface area contributed by atoms with Crippen molar-refractivity contribution in [3.8, 4) is 0 Å². The Morgan fingerprint density at radius 1 is 1.35 bits per heavy atom. The van der Waals surface area contributed by atoms with Crippen LogP contribution in [0.3, 0.4) is 0 Å². The molecule has 92 valence electrons. The standard InChI is InChI=1S/C11H18N6/c1-3-5-9-11(12)14-15-17(9)8-10-13-6-7-16(10)4-2/h6-7H,3-5,8,12H2,1-2H3. The second-order valence-electron chi connectivity index (χ2n) is 3.96. The van der Waals surface area contributed by atoms with Crippen LogP contribution in [0.1, 0.15) is 31.8 Å². The number of anilines is 1. The van der Waals surface area contributed by atoms with E-state index >= 15 is 0 Å². The fourth-order valence-corrected chi connectivity index (χ4v) is 1.88. The molecule has 0 spiro atoms. The highest BCUT2D eigenvalue weighted by Crippen LogP contribution is 2.11. The third-order valence-corrected chi connectivity index (χ3v) is 2.79. The Kier molecular flexibility index (Phi) is 3.41. The predicted molar refractivity (Wildman–Crippen MR) is 65.4 cm³/mol. The van der Waals surface area contributed by atoms with Gasteiger partial charge in [-0.3, -0.25) is 0 Å². The molecule has 0 aliphatic heterocycles. The minimum Gasteiger partial charge on any atom is -0.381 e. The van der Waals surface area contributed by atoms with Crippen molar-refractivity contribution in [1.29, 1.82) is 0 Å². The largest absolute Gasteiger partial charge is 0.381 e. The van der Waals surface area contributed by atoms with Gasteiger partial charge in [-0.2, -0.15) is 0 Å². The molecule has 0 saturated heterocycles. The van der Waals surface area contributed by atoms with E-state index in [2.05, 4.69) is 33.7 Å². The van der Waals surface area contributed by atoms with E-state index in [9.17, 15) is 0 Å². The number of nitrogens with two attached hydrogens (primary N) is 1. The second kappa shape index (κ2) is 4.99. The molecule has 2 rings (SSSR count). The molecule has 0 fully saturated rings. The van der Waals surface area contributed by atoms with Crippen molar-refractivity contribution < 1.29 is 0 Å². The fourth-order valence-electron chi connectivity index (χ4n) is 1.88. The molecule has 0 radical (unpaired) electrons. The summed E-state index contributed by atoms with van der Waals surface area (Å²) >= 11 is 0. The Morgan fingerprint density at radius 2 is 2.18 bits per heavy atom. The molecular formula is C11H18N6. The molecule has 0 bridgehead atoms. The van der Waals surface area contributed by atoms with E-state index in [-0.39, 0.29) is 0 Å². The first-order chi connectivity index (χ1) is 8.26. The molecule has 0 atom stereocenters. The zero-order valence-electron chi connectivity index (χ0n) is 10.3. The Labute approximate surface area is 100 Å². The number of hydrogen-bond donors (Lipinski definition) is 1. The molecule has 2 N–H and O–H groups in total. The number of nitrogens with zero attached hydrogens (tertiary/aromatic N) is 5. The van der Waals surface area contributed by atoms with Crippen LogP contribution in [0, 0.1) is 0 Å². The zero-order valence-corrected chi connectivity index (χ0v) is 10.3. The highest BCUT2D eigenvalue weighted by atomic mass is 15.4. The van der Waals surface area contributed by atoms with Crippen molar-refractivity contribution in [2.75, 3.05) is 5.73 Å². The summed E-state index contributed by atoms with van der Waals surface area (Å²) in [5, 5.41) is 8.00. The summed E-state index contributed by atoms with van der Waals surface area (Å²) in [7, 11) is 0. The van der Waals surface area contributed by atoms with E-state index in [4.69, 9.17) is 5.73 Å². The molecule has 0 aliphatic rings. The van der Waals surface area contributed by atoms with Crippen LogP contribution in [0.5, 0.6) is 0 Å². The Balaban J connectivity index is 2.24. The Bertz CT molecular complexity index is 484. The van der Waals surface area contributed by atoms with Gasteiger partial charge >= 0.3 is 0 Å². The quantitative estimate of drug-likeness (QED) is 0.840. The maximum Gasteiger partial charge on any atom is 0.169 e. The summed E-state index contributed by atoms with van der Waals surface area (Å²) in [5.41, 5.74) is 6.80. The summed E-state index contributed by atoms with van der Waals surface area (Å²) in [6, 6.07) is 0. The van der Waals surface area contributed by atoms with Crippen molar-refractivity contribution in [2.45, 2.75) is 39.8 Å². The summed E-state index contributed by atoms with van der Waals surface area (Å²) in [6.45, 7) is 5.74. The third kappa shape index (κ3) is 2.30. The summed E-state index contributed by atoms with van der Waals surface area (Å²) in [5.74, 6) is 1.51. The molecule has 2 aromatic rings. The van der Waals surface area contributed by atoms with Crippen LogP contribution in [-0.2, 0) is 19.5 Å². The van der Waals surface area contributed by atoms with Gasteiger partial charge in [-0.15, -0.1) is 5.10 Å². The third-order valence-electron chi connectivity index (χ3n) is 2.79. The number of aryl methyl sites for hydroxylation is 1. The van der Waals surface area contributed by atoms with Gasteiger partial charge < -0.3 is 10.3 Å². The average Bonchev–Trinajstić information content (AvgIpc) is 2.90. The normalized spacial score (nSPS) is 10.9. The zero-order chi connectivity index (χ0) is 12.3. The lowest BCUT2D eigenvalue weighted by Crippen LogP contribution is -2.12. The van der Waals surface area contributed by atoms with Gasteiger partial charge in [0.2, 0.25) is 0 Å². The van der Waals surface area contributed by atoms with E-state index in [1.807, 2.05) is 10.9 Å². The summed E-state index contributed by atoms with van der Waals surface area (Å²) in [4.78, 5) is 4.33. The molecule has 0 unspecified atom stereocenters. The van der Waals surface area contributed by atoms with Gasteiger partial charge in [0.1, 0.15) is 12.4 Å². The molecule has 0 amide bonds. The van der Waals surface area contributed by atoms with E-state index in [0.29, 0.717) is 12.4 Å². The predicted octanol–water partition coefficient (Wildman–Crippen LogP) is 1.08. The number of hydrogen-bond acceptors (Lipinski definition) is 4. The van der Waals surface area contributed by atoms with Crippen molar-refractivity contribution in [3.63, 3.8) is 0 Å². The molecule has 17 heavy (non-hydrogen) atoms. The van der Waals surface area contributed by atoms with Gasteiger partial charge in [0.15, 0.2) is 5.82 Å². The van der Waals surface area contributed by atoms with Gasteiger partial charge in [-0.1, -0.05) is 18.6 Å². The molecule has 0 aromatic carbocycles. The van der Waals surface area contributed by atoms with Crippen LogP contribution < -0.4 is 5.73 Å². The molecule has 6 nitrogen and oxygen atoms in total. The minimum atomic E-state index is 0.529. The molecule has 2 heterocycles. The SMILES string of the molecule is CCCc1c(N)nnn1Cc1nccn1CC. The first-order valence-electron chi connectivity index (χ1n) is 5.94. The first-order valence-corrected chi connectivity index (χ1v) is 5.94. The number of imidazole rings is 1. The topological polar surface area (TPSA) is 74.6 Å². The number of aromatic nitrogens is 5. The molecular weight excluding hydrogens is 216 g/mol. The van der Waals surface area contributed by atoms with Crippen LogP contribution in [0.4, 0.5) is 5.82 Å². The number of rotatable bonds is 5. The lowest BCUT2D eigenvalue weighted by molar-refractivity contribution is 0.566. The molecule has 2 aromatic heterocycles.